The van der Waals surface area contributed by atoms with Gasteiger partial charge in [0.1, 0.15) is 11.6 Å². The fourth-order valence-corrected chi connectivity index (χ4v) is 4.09. The van der Waals surface area contributed by atoms with Crippen molar-refractivity contribution in [1.29, 1.82) is 0 Å². The Morgan fingerprint density at radius 3 is 2.59 bits per heavy atom. The second-order valence-corrected chi connectivity index (χ2v) is 7.72. The number of hydrogen-bond donors (Lipinski definition) is 1. The van der Waals surface area contributed by atoms with Crippen molar-refractivity contribution in [3.63, 3.8) is 0 Å². The minimum Gasteiger partial charge on any atom is -0.496 e. The number of nitrogens with zero attached hydrogens (tertiary/aromatic N) is 3. The Morgan fingerprint density at radius 1 is 1.14 bits per heavy atom. The van der Waals surface area contributed by atoms with Crippen LogP contribution in [0, 0.1) is 6.92 Å². The van der Waals surface area contributed by atoms with Crippen molar-refractivity contribution in [2.75, 3.05) is 30.9 Å². The number of rotatable bonds is 4. The van der Waals surface area contributed by atoms with E-state index in [4.69, 9.17) is 32.9 Å². The molecule has 2 aromatic carbocycles. The van der Waals surface area contributed by atoms with Crippen molar-refractivity contribution in [3.8, 4) is 5.75 Å². The number of aromatic nitrogens is 2. The summed E-state index contributed by atoms with van der Waals surface area (Å²) in [6.45, 7) is 2.65. The van der Waals surface area contributed by atoms with Crippen molar-refractivity contribution < 1.29 is 4.74 Å². The largest absolute Gasteiger partial charge is 0.496 e. The molecule has 2 heterocycles. The molecule has 4 rings (SSSR count). The summed E-state index contributed by atoms with van der Waals surface area (Å²) in [4.78, 5) is 11.2. The van der Waals surface area contributed by atoms with Crippen LogP contribution in [0.15, 0.2) is 42.6 Å². The molecule has 148 valence electrons. The van der Waals surface area contributed by atoms with Gasteiger partial charge in [-0.3, -0.25) is 0 Å². The minimum absolute atomic E-state index is 0.535. The van der Waals surface area contributed by atoms with Crippen LogP contribution in [-0.2, 0) is 0 Å². The summed E-state index contributed by atoms with van der Waals surface area (Å²) < 4.78 is 5.31. The summed E-state index contributed by atoms with van der Waals surface area (Å²) in [7, 11) is 3.65. The Balaban J connectivity index is 1.65. The van der Waals surface area contributed by atoms with Crippen LogP contribution >= 0.6 is 23.2 Å². The number of fused-ring (bicyclic) bond motifs is 1. The first kappa shape index (κ1) is 19.6. The molecule has 0 spiro atoms. The van der Waals surface area contributed by atoms with Crippen molar-refractivity contribution in [2.45, 2.75) is 6.92 Å². The summed E-state index contributed by atoms with van der Waals surface area (Å²) in [5.74, 6) is 2.23. The smallest absolute Gasteiger partial charge is 0.229 e. The molecule has 0 bridgehead atoms. The standard InChI is InChI=1S/C22H20Cl2N4O/c1-13-9-16(7-8-19(13)29-3)26-22-25-11-14-10-15(12-28(2)21(14)27-22)20-17(23)5-4-6-18(20)24/h4-11H,12H2,1-3H3,(H,25,26,27). The molecule has 1 aliphatic rings. The van der Waals surface area contributed by atoms with Crippen LogP contribution in [0.1, 0.15) is 16.7 Å². The van der Waals surface area contributed by atoms with E-state index in [0.717, 1.165) is 39.5 Å². The molecule has 1 aliphatic heterocycles. The summed E-state index contributed by atoms with van der Waals surface area (Å²) in [6.07, 6.45) is 3.85. The maximum absolute atomic E-state index is 6.39. The fourth-order valence-electron chi connectivity index (χ4n) is 3.45. The zero-order chi connectivity index (χ0) is 20.5. The van der Waals surface area contributed by atoms with Crippen LogP contribution in [0.2, 0.25) is 10.0 Å². The first-order valence-electron chi connectivity index (χ1n) is 9.11. The van der Waals surface area contributed by atoms with E-state index in [9.17, 15) is 0 Å². The van der Waals surface area contributed by atoms with Gasteiger partial charge in [-0.25, -0.2) is 4.98 Å². The fraction of sp³-hybridized carbons (Fsp3) is 0.182. The molecular weight excluding hydrogens is 407 g/mol. The van der Waals surface area contributed by atoms with E-state index in [2.05, 4.69) is 15.2 Å². The van der Waals surface area contributed by atoms with Gasteiger partial charge in [0.2, 0.25) is 5.95 Å². The number of hydrogen-bond acceptors (Lipinski definition) is 5. The summed E-state index contributed by atoms with van der Waals surface area (Å²) in [5, 5.41) is 4.53. The van der Waals surface area contributed by atoms with Crippen LogP contribution < -0.4 is 15.0 Å². The van der Waals surface area contributed by atoms with Gasteiger partial charge in [0.05, 0.1) is 7.11 Å². The predicted octanol–water partition coefficient (Wildman–Crippen LogP) is 5.83. The third-order valence-electron chi connectivity index (χ3n) is 4.83. The quantitative estimate of drug-likeness (QED) is 0.568. The van der Waals surface area contributed by atoms with Gasteiger partial charge in [0, 0.05) is 46.6 Å². The lowest BCUT2D eigenvalue weighted by Crippen LogP contribution is -2.25. The summed E-state index contributed by atoms with van der Waals surface area (Å²) >= 11 is 12.8. The molecule has 1 aromatic heterocycles. The van der Waals surface area contributed by atoms with Gasteiger partial charge in [0.15, 0.2) is 0 Å². The third-order valence-corrected chi connectivity index (χ3v) is 5.46. The first-order chi connectivity index (χ1) is 14.0. The summed E-state index contributed by atoms with van der Waals surface area (Å²) in [6, 6.07) is 11.4. The predicted molar refractivity (Wildman–Crippen MR) is 121 cm³/mol. The Hall–Kier alpha value is -2.76. The van der Waals surface area contributed by atoms with E-state index in [1.165, 1.54) is 0 Å². The molecular formula is C22H20Cl2N4O. The molecule has 0 aliphatic carbocycles. The van der Waals surface area contributed by atoms with Crippen LogP contribution in [0.5, 0.6) is 5.75 Å². The molecule has 3 aromatic rings. The van der Waals surface area contributed by atoms with Crippen molar-refractivity contribution in [3.05, 3.63) is 69.3 Å². The molecule has 29 heavy (non-hydrogen) atoms. The molecule has 0 atom stereocenters. The molecule has 1 N–H and O–H groups in total. The number of halogens is 2. The number of anilines is 3. The highest BCUT2D eigenvalue weighted by Gasteiger charge is 2.21. The van der Waals surface area contributed by atoms with E-state index in [1.54, 1.807) is 7.11 Å². The van der Waals surface area contributed by atoms with Crippen LogP contribution in [0.3, 0.4) is 0 Å². The highest BCUT2D eigenvalue weighted by atomic mass is 35.5. The van der Waals surface area contributed by atoms with Gasteiger partial charge in [0.25, 0.3) is 0 Å². The Kier molecular flexibility index (Phi) is 5.35. The highest BCUT2D eigenvalue weighted by molar-refractivity contribution is 6.38. The van der Waals surface area contributed by atoms with E-state index in [1.807, 2.05) is 62.6 Å². The molecule has 0 fully saturated rings. The second-order valence-electron chi connectivity index (χ2n) is 6.90. The van der Waals surface area contributed by atoms with E-state index in [0.29, 0.717) is 22.5 Å². The zero-order valence-electron chi connectivity index (χ0n) is 16.3. The van der Waals surface area contributed by atoms with Crippen LogP contribution in [0.4, 0.5) is 17.5 Å². The lowest BCUT2D eigenvalue weighted by molar-refractivity contribution is 0.412. The monoisotopic (exact) mass is 426 g/mol. The van der Waals surface area contributed by atoms with Gasteiger partial charge in [-0.2, -0.15) is 4.98 Å². The maximum Gasteiger partial charge on any atom is 0.229 e. The third kappa shape index (κ3) is 3.88. The molecule has 7 heteroatoms. The average molecular weight is 427 g/mol. The Morgan fingerprint density at radius 2 is 1.90 bits per heavy atom. The lowest BCUT2D eigenvalue weighted by Gasteiger charge is -2.27. The first-order valence-corrected chi connectivity index (χ1v) is 9.86. The van der Waals surface area contributed by atoms with Crippen LogP contribution in [-0.4, -0.2) is 30.7 Å². The molecule has 0 amide bonds. The number of nitrogens with one attached hydrogen (secondary N) is 1. The van der Waals surface area contributed by atoms with Gasteiger partial charge in [-0.1, -0.05) is 29.3 Å². The molecule has 0 saturated heterocycles. The SMILES string of the molecule is COc1ccc(Nc2ncc3c(n2)N(C)CC(c2c(Cl)cccc2Cl)=C3)cc1C. The number of aryl methyl sites for hydroxylation is 1. The topological polar surface area (TPSA) is 50.3 Å². The van der Waals surface area contributed by atoms with E-state index >= 15 is 0 Å². The average Bonchev–Trinajstić information content (AvgIpc) is 2.68. The highest BCUT2D eigenvalue weighted by Crippen LogP contribution is 2.37. The van der Waals surface area contributed by atoms with Gasteiger partial charge >= 0.3 is 0 Å². The molecule has 5 nitrogen and oxygen atoms in total. The molecule has 0 unspecified atom stereocenters. The second kappa shape index (κ2) is 7.93. The Bertz CT molecular complexity index is 1090. The Labute approximate surface area is 180 Å². The maximum atomic E-state index is 6.39. The van der Waals surface area contributed by atoms with E-state index in [-0.39, 0.29) is 0 Å². The van der Waals surface area contributed by atoms with Crippen molar-refractivity contribution in [2.24, 2.45) is 0 Å². The number of likely N-dealkylation sites (N-methyl/N-ethyl adjacent to an activating group) is 1. The number of methoxy groups -OCH3 is 1. The lowest BCUT2D eigenvalue weighted by atomic mass is 10.00. The number of benzene rings is 2. The van der Waals surface area contributed by atoms with Gasteiger partial charge < -0.3 is 15.0 Å². The van der Waals surface area contributed by atoms with E-state index < -0.39 is 0 Å². The number of ether oxygens (including phenoxy) is 1. The molecule has 0 saturated carbocycles. The zero-order valence-corrected chi connectivity index (χ0v) is 17.8. The van der Waals surface area contributed by atoms with Gasteiger partial charge in [-0.05, 0) is 54.5 Å². The van der Waals surface area contributed by atoms with Crippen molar-refractivity contribution in [1.82, 2.24) is 9.97 Å². The van der Waals surface area contributed by atoms with Crippen molar-refractivity contribution >= 4 is 52.3 Å². The molecule has 0 radical (unpaired) electrons. The normalized spacial score (nSPS) is 13.0. The van der Waals surface area contributed by atoms with Gasteiger partial charge in [-0.15, -0.1) is 0 Å². The van der Waals surface area contributed by atoms with Crippen LogP contribution in [0.25, 0.3) is 11.6 Å². The minimum atomic E-state index is 0.535. The summed E-state index contributed by atoms with van der Waals surface area (Å²) in [5.41, 5.74) is 4.74.